The van der Waals surface area contributed by atoms with E-state index in [4.69, 9.17) is 16.2 Å². The lowest BCUT2D eigenvalue weighted by atomic mass is 10.0. The molecule has 0 unspecified atom stereocenters. The molecule has 1 aliphatic rings. The highest BCUT2D eigenvalue weighted by Gasteiger charge is 2.36. The van der Waals surface area contributed by atoms with E-state index >= 15 is 0 Å². The Labute approximate surface area is 217 Å². The van der Waals surface area contributed by atoms with Crippen molar-refractivity contribution in [2.45, 2.75) is 38.8 Å². The number of hydrogen-bond donors (Lipinski definition) is 3. The molecule has 1 saturated heterocycles. The molecule has 0 bridgehead atoms. The van der Waals surface area contributed by atoms with Crippen molar-refractivity contribution in [1.82, 2.24) is 9.69 Å². The predicted molar refractivity (Wildman–Crippen MR) is 139 cm³/mol. The van der Waals surface area contributed by atoms with Crippen molar-refractivity contribution in [3.05, 3.63) is 75.5 Å². The summed E-state index contributed by atoms with van der Waals surface area (Å²) in [5.74, 6) is -2.47. The number of nitrogens with two attached hydrogens (primary N) is 2. The summed E-state index contributed by atoms with van der Waals surface area (Å²) in [5, 5.41) is 2.89. The Kier molecular flexibility index (Phi) is 7.84. The van der Waals surface area contributed by atoms with Gasteiger partial charge in [-0.3, -0.25) is 19.3 Å². The fraction of sp³-hybridized carbons (Fsp3) is 0.308. The normalized spacial score (nSPS) is 15.8. The molecule has 2 aromatic carbocycles. The molecule has 37 heavy (non-hydrogen) atoms. The third kappa shape index (κ3) is 5.62. The number of anilines is 2. The van der Waals surface area contributed by atoms with Crippen molar-refractivity contribution in [3.63, 3.8) is 0 Å². The highest BCUT2D eigenvalue weighted by molar-refractivity contribution is 7.09. The van der Waals surface area contributed by atoms with Crippen LogP contribution in [0, 0.1) is 19.7 Å². The van der Waals surface area contributed by atoms with Gasteiger partial charge in [-0.2, -0.15) is 4.37 Å². The fourth-order valence-electron chi connectivity index (χ4n) is 4.18. The molecule has 3 aromatic rings. The summed E-state index contributed by atoms with van der Waals surface area (Å²) < 4.78 is 23.4. The number of carbonyl (C=O) groups excluding carboxylic acids is 3. The summed E-state index contributed by atoms with van der Waals surface area (Å²) in [5.41, 5.74) is 13.8. The summed E-state index contributed by atoms with van der Waals surface area (Å²) in [4.78, 5) is 40.7. The van der Waals surface area contributed by atoms with Gasteiger partial charge in [0.05, 0.1) is 11.8 Å². The van der Waals surface area contributed by atoms with E-state index in [2.05, 4.69) is 9.69 Å². The monoisotopic (exact) mass is 525 g/mol. The topological polar surface area (TPSA) is 141 Å². The van der Waals surface area contributed by atoms with Gasteiger partial charge in [-0.15, -0.1) is 0 Å². The number of rotatable bonds is 8. The number of hydrogen-bond acceptors (Lipinski definition) is 7. The number of primary amides is 1. The van der Waals surface area contributed by atoms with Crippen LogP contribution < -0.4 is 21.7 Å². The van der Waals surface area contributed by atoms with Crippen molar-refractivity contribution in [2.24, 2.45) is 5.73 Å². The standard InChI is InChI=1S/C26H28FN5O4S/c1-14-5-10-18(12-15(14)2)32(26(35)23-20(28)21(24(29)33)31-37-23)22(16-6-8-17(27)9-7-16)25(34)30-13-19-4-3-11-36-19/h5-10,12,19,22H,3-4,11,13,28H2,1-2H3,(H2,29,33)(H,30,34)/t19-,22+/m1/s1. The molecule has 5 N–H and O–H groups in total. The van der Waals surface area contributed by atoms with Crippen LogP contribution in [0.3, 0.4) is 0 Å². The number of aromatic nitrogens is 1. The number of nitrogens with one attached hydrogen (secondary N) is 1. The second-order valence-corrected chi connectivity index (χ2v) is 9.69. The number of aryl methyl sites for hydroxylation is 2. The van der Waals surface area contributed by atoms with Crippen LogP contribution in [0.4, 0.5) is 15.8 Å². The summed E-state index contributed by atoms with van der Waals surface area (Å²) in [6.07, 6.45) is 1.59. The number of amides is 3. The van der Waals surface area contributed by atoms with Crippen molar-refractivity contribution in [1.29, 1.82) is 0 Å². The number of halogens is 1. The molecule has 11 heteroatoms. The van der Waals surface area contributed by atoms with Crippen LogP contribution in [0.25, 0.3) is 0 Å². The average molecular weight is 526 g/mol. The maximum Gasteiger partial charge on any atom is 0.273 e. The Hall–Kier alpha value is -3.83. The molecule has 4 rings (SSSR count). The first kappa shape index (κ1) is 26.2. The predicted octanol–water partition coefficient (Wildman–Crippen LogP) is 3.26. The first-order valence-electron chi connectivity index (χ1n) is 11.8. The van der Waals surface area contributed by atoms with E-state index < -0.39 is 29.6 Å². The lowest BCUT2D eigenvalue weighted by Crippen LogP contribution is -2.45. The second-order valence-electron chi connectivity index (χ2n) is 8.92. The highest BCUT2D eigenvalue weighted by Crippen LogP contribution is 2.34. The van der Waals surface area contributed by atoms with E-state index in [1.165, 1.54) is 29.2 Å². The number of benzene rings is 2. The second kappa shape index (κ2) is 11.1. The van der Waals surface area contributed by atoms with Crippen LogP contribution in [0.15, 0.2) is 42.5 Å². The van der Waals surface area contributed by atoms with Gasteiger partial charge >= 0.3 is 0 Å². The van der Waals surface area contributed by atoms with Gasteiger partial charge in [0.2, 0.25) is 5.91 Å². The molecular weight excluding hydrogens is 497 g/mol. The minimum Gasteiger partial charge on any atom is -0.395 e. The van der Waals surface area contributed by atoms with Gasteiger partial charge in [-0.1, -0.05) is 18.2 Å². The number of ether oxygens (including phenoxy) is 1. The van der Waals surface area contributed by atoms with Crippen LogP contribution in [0.5, 0.6) is 0 Å². The first-order valence-corrected chi connectivity index (χ1v) is 12.5. The van der Waals surface area contributed by atoms with Gasteiger partial charge in [-0.25, -0.2) is 4.39 Å². The zero-order valence-electron chi connectivity index (χ0n) is 20.5. The summed E-state index contributed by atoms with van der Waals surface area (Å²) >= 11 is 0.725. The van der Waals surface area contributed by atoms with Gasteiger partial charge in [0.15, 0.2) is 5.69 Å². The highest BCUT2D eigenvalue weighted by atomic mass is 32.1. The van der Waals surface area contributed by atoms with Crippen molar-refractivity contribution in [3.8, 4) is 0 Å². The quantitative estimate of drug-likeness (QED) is 0.412. The Bertz CT molecular complexity index is 1320. The maximum atomic E-state index is 14.0. The summed E-state index contributed by atoms with van der Waals surface area (Å²) in [6, 6.07) is 9.52. The molecule has 194 valence electrons. The summed E-state index contributed by atoms with van der Waals surface area (Å²) in [6.45, 7) is 4.71. The Morgan fingerprint density at radius 1 is 1.19 bits per heavy atom. The van der Waals surface area contributed by atoms with Gasteiger partial charge in [-0.05, 0) is 79.2 Å². The molecule has 0 saturated carbocycles. The van der Waals surface area contributed by atoms with Gasteiger partial charge < -0.3 is 21.5 Å². The van der Waals surface area contributed by atoms with E-state index in [0.717, 1.165) is 35.5 Å². The van der Waals surface area contributed by atoms with E-state index in [0.29, 0.717) is 17.9 Å². The number of nitrogens with zero attached hydrogens (tertiary/aromatic N) is 2. The Morgan fingerprint density at radius 3 is 2.51 bits per heavy atom. The van der Waals surface area contributed by atoms with Gasteiger partial charge in [0.25, 0.3) is 11.8 Å². The molecule has 1 aliphatic heterocycles. The molecule has 2 heterocycles. The van der Waals surface area contributed by atoms with E-state index in [1.54, 1.807) is 12.1 Å². The van der Waals surface area contributed by atoms with Gasteiger partial charge in [0, 0.05) is 18.8 Å². The number of carbonyl (C=O) groups is 3. The van der Waals surface area contributed by atoms with Crippen LogP contribution in [-0.4, -0.2) is 41.4 Å². The lowest BCUT2D eigenvalue weighted by molar-refractivity contribution is -0.123. The minimum atomic E-state index is -1.19. The van der Waals surface area contributed by atoms with Crippen molar-refractivity contribution >= 4 is 40.6 Å². The average Bonchev–Trinajstić information content (AvgIpc) is 3.53. The third-order valence-electron chi connectivity index (χ3n) is 6.36. The molecule has 0 radical (unpaired) electrons. The molecular formula is C26H28FN5O4S. The van der Waals surface area contributed by atoms with E-state index in [9.17, 15) is 18.8 Å². The Balaban J connectivity index is 1.82. The van der Waals surface area contributed by atoms with Crippen LogP contribution in [0.1, 0.15) is 55.7 Å². The molecule has 3 amide bonds. The maximum absolute atomic E-state index is 14.0. The Morgan fingerprint density at radius 2 is 1.92 bits per heavy atom. The summed E-state index contributed by atoms with van der Waals surface area (Å²) in [7, 11) is 0. The van der Waals surface area contributed by atoms with Gasteiger partial charge in [0.1, 0.15) is 16.7 Å². The molecule has 9 nitrogen and oxygen atoms in total. The minimum absolute atomic E-state index is 0.0361. The van der Waals surface area contributed by atoms with E-state index in [1.807, 2.05) is 19.9 Å². The SMILES string of the molecule is Cc1ccc(N(C(=O)c2snc(C(N)=O)c2N)[C@H](C(=O)NC[C@H]2CCCO2)c2ccc(F)cc2)cc1C. The van der Waals surface area contributed by atoms with Crippen LogP contribution >= 0.6 is 11.5 Å². The first-order chi connectivity index (χ1) is 17.7. The van der Waals surface area contributed by atoms with Crippen molar-refractivity contribution < 1.29 is 23.5 Å². The molecule has 1 fully saturated rings. The fourth-order valence-corrected chi connectivity index (χ4v) is 4.92. The smallest absolute Gasteiger partial charge is 0.273 e. The molecule has 1 aromatic heterocycles. The van der Waals surface area contributed by atoms with Crippen LogP contribution in [0.2, 0.25) is 0 Å². The van der Waals surface area contributed by atoms with Crippen molar-refractivity contribution in [2.75, 3.05) is 23.8 Å². The molecule has 0 spiro atoms. The third-order valence-corrected chi connectivity index (χ3v) is 7.21. The molecule has 0 aliphatic carbocycles. The number of nitrogen functional groups attached to an aromatic ring is 1. The van der Waals surface area contributed by atoms with E-state index in [-0.39, 0.29) is 28.9 Å². The zero-order chi connectivity index (χ0) is 26.7. The largest absolute Gasteiger partial charge is 0.395 e. The zero-order valence-corrected chi connectivity index (χ0v) is 21.3. The molecule has 2 atom stereocenters. The lowest BCUT2D eigenvalue weighted by Gasteiger charge is -2.32. The van der Waals surface area contributed by atoms with Crippen LogP contribution in [-0.2, 0) is 9.53 Å².